The zero-order valence-electron chi connectivity index (χ0n) is 15.9. The predicted octanol–water partition coefficient (Wildman–Crippen LogP) is 4.11. The summed E-state index contributed by atoms with van der Waals surface area (Å²) in [5, 5.41) is 9.69. The van der Waals surface area contributed by atoms with Crippen molar-refractivity contribution in [3.8, 4) is 0 Å². The molecule has 0 aliphatic carbocycles. The fourth-order valence-corrected chi connectivity index (χ4v) is 3.81. The number of amides is 2. The highest BCUT2D eigenvalue weighted by atomic mass is 32.2. The molecule has 4 rings (SSSR count). The Morgan fingerprint density at radius 3 is 2.71 bits per heavy atom. The van der Waals surface area contributed by atoms with Crippen molar-refractivity contribution < 1.29 is 22.8 Å². The summed E-state index contributed by atoms with van der Waals surface area (Å²) in [6, 6.07) is 12.9. The lowest BCUT2D eigenvalue weighted by molar-refractivity contribution is -0.137. The standard InChI is InChI=1S/C20H16F3N5O2S/c21-20(22,23)13-7-4-8-14(9-13)24-17(30)15-10-16(29)25-18-26-19(27-28(15)18)31-11-12-5-2-1-3-6-12/h1-9,15H,10-11H2,(H,24,30)(H,25,26,27,29)/t15-/m1/s1. The third-order valence-electron chi connectivity index (χ3n) is 4.51. The molecule has 2 heterocycles. The molecule has 1 atom stereocenters. The Hall–Kier alpha value is -3.34. The number of halogens is 3. The fourth-order valence-electron chi connectivity index (χ4n) is 3.03. The molecule has 2 N–H and O–H groups in total. The second kappa shape index (κ2) is 8.42. The smallest absolute Gasteiger partial charge is 0.324 e. The lowest BCUT2D eigenvalue weighted by atomic mass is 10.1. The third kappa shape index (κ3) is 4.88. The normalized spacial score (nSPS) is 15.8. The van der Waals surface area contributed by atoms with Crippen molar-refractivity contribution in [3.05, 3.63) is 65.7 Å². The van der Waals surface area contributed by atoms with Gasteiger partial charge >= 0.3 is 6.18 Å². The number of benzene rings is 2. The Bertz CT molecular complexity index is 1120. The molecule has 2 amide bonds. The van der Waals surface area contributed by atoms with E-state index in [1.807, 2.05) is 30.3 Å². The van der Waals surface area contributed by atoms with Crippen LogP contribution in [0.5, 0.6) is 0 Å². The highest BCUT2D eigenvalue weighted by molar-refractivity contribution is 7.98. The Balaban J connectivity index is 1.51. The molecule has 3 aromatic rings. The maximum Gasteiger partial charge on any atom is 0.416 e. The van der Waals surface area contributed by atoms with E-state index < -0.39 is 29.6 Å². The largest absolute Gasteiger partial charge is 0.416 e. The van der Waals surface area contributed by atoms with Gasteiger partial charge in [0.2, 0.25) is 22.9 Å². The molecule has 2 aromatic carbocycles. The first-order chi connectivity index (χ1) is 14.8. The summed E-state index contributed by atoms with van der Waals surface area (Å²) in [5.74, 6) is -0.362. The summed E-state index contributed by atoms with van der Waals surface area (Å²) in [4.78, 5) is 29.1. The Labute approximate surface area is 179 Å². The van der Waals surface area contributed by atoms with Gasteiger partial charge in [-0.15, -0.1) is 5.10 Å². The van der Waals surface area contributed by atoms with Gasteiger partial charge in [0.05, 0.1) is 12.0 Å². The number of anilines is 2. The van der Waals surface area contributed by atoms with Crippen molar-refractivity contribution in [2.75, 3.05) is 10.6 Å². The van der Waals surface area contributed by atoms with Gasteiger partial charge in [0, 0.05) is 11.4 Å². The van der Waals surface area contributed by atoms with E-state index in [4.69, 9.17) is 0 Å². The monoisotopic (exact) mass is 447 g/mol. The lowest BCUT2D eigenvalue weighted by Crippen LogP contribution is -2.36. The van der Waals surface area contributed by atoms with E-state index in [9.17, 15) is 22.8 Å². The first-order valence-electron chi connectivity index (χ1n) is 9.21. The summed E-state index contributed by atoms with van der Waals surface area (Å²) < 4.78 is 40.0. The average Bonchev–Trinajstić information content (AvgIpc) is 3.14. The molecule has 0 radical (unpaired) electrons. The number of carbonyl (C=O) groups excluding carboxylic acids is 2. The number of nitrogens with one attached hydrogen (secondary N) is 2. The molecule has 0 saturated heterocycles. The minimum atomic E-state index is -4.53. The summed E-state index contributed by atoms with van der Waals surface area (Å²) in [7, 11) is 0. The van der Waals surface area contributed by atoms with Crippen molar-refractivity contribution in [3.63, 3.8) is 0 Å². The van der Waals surface area contributed by atoms with Gasteiger partial charge in [-0.3, -0.25) is 14.9 Å². The van der Waals surface area contributed by atoms with E-state index in [1.54, 1.807) is 0 Å². The topological polar surface area (TPSA) is 88.9 Å². The molecule has 1 aromatic heterocycles. The van der Waals surface area contributed by atoms with Crippen LogP contribution in [0, 0.1) is 0 Å². The van der Waals surface area contributed by atoms with Crippen LogP contribution in [0.3, 0.4) is 0 Å². The number of carbonyl (C=O) groups is 2. The van der Waals surface area contributed by atoms with Crippen molar-refractivity contribution in [2.45, 2.75) is 29.5 Å². The van der Waals surface area contributed by atoms with Gasteiger partial charge < -0.3 is 5.32 Å². The van der Waals surface area contributed by atoms with Crippen LogP contribution in [0.25, 0.3) is 0 Å². The van der Waals surface area contributed by atoms with Crippen LogP contribution in [-0.4, -0.2) is 26.6 Å². The van der Waals surface area contributed by atoms with Crippen molar-refractivity contribution in [1.82, 2.24) is 14.8 Å². The van der Waals surface area contributed by atoms with Gasteiger partial charge in [-0.25, -0.2) is 4.68 Å². The number of fused-ring (bicyclic) bond motifs is 1. The number of hydrogen-bond acceptors (Lipinski definition) is 5. The van der Waals surface area contributed by atoms with Gasteiger partial charge in [0.15, 0.2) is 0 Å². The van der Waals surface area contributed by atoms with E-state index in [0.29, 0.717) is 10.9 Å². The number of hydrogen-bond donors (Lipinski definition) is 2. The summed E-state index contributed by atoms with van der Waals surface area (Å²) >= 11 is 1.34. The zero-order valence-corrected chi connectivity index (χ0v) is 16.7. The van der Waals surface area contributed by atoms with E-state index in [1.165, 1.54) is 28.6 Å². The van der Waals surface area contributed by atoms with Crippen molar-refractivity contribution >= 4 is 35.2 Å². The van der Waals surface area contributed by atoms with Crippen LogP contribution in [0.1, 0.15) is 23.6 Å². The molecule has 11 heteroatoms. The Morgan fingerprint density at radius 1 is 1.19 bits per heavy atom. The molecule has 0 unspecified atom stereocenters. The lowest BCUT2D eigenvalue weighted by Gasteiger charge is -2.22. The predicted molar refractivity (Wildman–Crippen MR) is 108 cm³/mol. The highest BCUT2D eigenvalue weighted by Crippen LogP contribution is 2.32. The molecule has 0 bridgehead atoms. The summed E-state index contributed by atoms with van der Waals surface area (Å²) in [5.41, 5.74) is 0.155. The molecule has 1 aliphatic heterocycles. The number of alkyl halides is 3. The second-order valence-corrected chi connectivity index (χ2v) is 7.72. The summed E-state index contributed by atoms with van der Waals surface area (Å²) in [6.07, 6.45) is -4.74. The van der Waals surface area contributed by atoms with E-state index in [0.717, 1.165) is 17.7 Å². The van der Waals surface area contributed by atoms with Gasteiger partial charge in [-0.2, -0.15) is 18.2 Å². The van der Waals surface area contributed by atoms with E-state index in [2.05, 4.69) is 20.7 Å². The molecular weight excluding hydrogens is 431 g/mol. The van der Waals surface area contributed by atoms with Crippen LogP contribution >= 0.6 is 11.8 Å². The maximum atomic E-state index is 12.9. The van der Waals surface area contributed by atoms with E-state index in [-0.39, 0.29) is 18.1 Å². The SMILES string of the molecule is O=C1C[C@H](C(=O)Nc2cccc(C(F)(F)F)c2)n2nc(SCc3ccccc3)nc2N1. The van der Waals surface area contributed by atoms with Crippen molar-refractivity contribution in [2.24, 2.45) is 0 Å². The first kappa shape index (κ1) is 20.9. The second-order valence-electron chi connectivity index (χ2n) is 6.77. The number of aromatic nitrogens is 3. The molecule has 160 valence electrons. The van der Waals surface area contributed by atoms with Gasteiger partial charge in [0.1, 0.15) is 6.04 Å². The highest BCUT2D eigenvalue weighted by Gasteiger charge is 2.34. The zero-order chi connectivity index (χ0) is 22.0. The third-order valence-corrected chi connectivity index (χ3v) is 5.42. The first-order valence-corrected chi connectivity index (χ1v) is 10.2. The van der Waals surface area contributed by atoms with Crippen LogP contribution in [-0.2, 0) is 21.5 Å². The maximum absolute atomic E-state index is 12.9. The minimum Gasteiger partial charge on any atom is -0.324 e. The molecule has 31 heavy (non-hydrogen) atoms. The van der Waals surface area contributed by atoms with Crippen molar-refractivity contribution in [1.29, 1.82) is 0 Å². The fraction of sp³-hybridized carbons (Fsp3) is 0.200. The molecule has 7 nitrogen and oxygen atoms in total. The average molecular weight is 447 g/mol. The van der Waals surface area contributed by atoms with Crippen LogP contribution in [0.15, 0.2) is 59.8 Å². The molecular formula is C20H16F3N5O2S. The number of rotatable bonds is 5. The van der Waals surface area contributed by atoms with Crippen LogP contribution in [0.4, 0.5) is 24.8 Å². The van der Waals surface area contributed by atoms with Crippen LogP contribution < -0.4 is 10.6 Å². The van der Waals surface area contributed by atoms with E-state index >= 15 is 0 Å². The molecule has 1 aliphatic rings. The van der Waals surface area contributed by atoms with Crippen LogP contribution in [0.2, 0.25) is 0 Å². The minimum absolute atomic E-state index is 0.0221. The van der Waals surface area contributed by atoms with Gasteiger partial charge in [-0.1, -0.05) is 48.2 Å². The molecule has 0 saturated carbocycles. The summed E-state index contributed by atoms with van der Waals surface area (Å²) in [6.45, 7) is 0. The number of nitrogens with zero attached hydrogens (tertiary/aromatic N) is 3. The van der Waals surface area contributed by atoms with Gasteiger partial charge in [0.25, 0.3) is 0 Å². The molecule has 0 fully saturated rings. The Kier molecular flexibility index (Phi) is 5.68. The molecule has 0 spiro atoms. The number of thioether (sulfide) groups is 1. The van der Waals surface area contributed by atoms with Gasteiger partial charge in [-0.05, 0) is 23.8 Å². The quantitative estimate of drug-likeness (QED) is 0.575. The Morgan fingerprint density at radius 2 is 1.97 bits per heavy atom.